The van der Waals surface area contributed by atoms with Gasteiger partial charge in [-0.1, -0.05) is 48.5 Å². The van der Waals surface area contributed by atoms with Gasteiger partial charge in [0.25, 0.3) is 0 Å². The highest BCUT2D eigenvalue weighted by atomic mass is 32.1. The molecule has 2 heterocycles. The van der Waals surface area contributed by atoms with Crippen LogP contribution in [0.15, 0.2) is 84.9 Å². The maximum absolute atomic E-state index is 2.38. The van der Waals surface area contributed by atoms with Gasteiger partial charge in [0.05, 0.1) is 0 Å². The van der Waals surface area contributed by atoms with Crippen LogP contribution in [0.1, 0.15) is 11.1 Å². The Hall–Kier alpha value is -2.68. The van der Waals surface area contributed by atoms with Gasteiger partial charge in [-0.3, -0.25) is 0 Å². The van der Waals surface area contributed by atoms with Crippen LogP contribution in [0.5, 0.6) is 0 Å². The summed E-state index contributed by atoms with van der Waals surface area (Å²) in [7, 11) is 0. The second kappa shape index (κ2) is 5.91. The van der Waals surface area contributed by atoms with Crippen LogP contribution in [0.3, 0.4) is 0 Å². The van der Waals surface area contributed by atoms with Gasteiger partial charge < -0.3 is 0 Å². The molecule has 27 heavy (non-hydrogen) atoms. The summed E-state index contributed by atoms with van der Waals surface area (Å²) in [4.78, 5) is 0. The molecule has 0 amide bonds. The van der Waals surface area contributed by atoms with E-state index in [1.54, 1.807) is 0 Å². The molecular formula is C25H16S2. The van der Waals surface area contributed by atoms with Gasteiger partial charge in [0.1, 0.15) is 0 Å². The van der Waals surface area contributed by atoms with Crippen molar-refractivity contribution in [2.24, 2.45) is 0 Å². The highest BCUT2D eigenvalue weighted by Gasteiger charge is 2.08. The van der Waals surface area contributed by atoms with Crippen LogP contribution >= 0.6 is 22.7 Å². The van der Waals surface area contributed by atoms with Crippen LogP contribution in [0, 0.1) is 0 Å². The van der Waals surface area contributed by atoms with Crippen LogP contribution in [0.2, 0.25) is 0 Å². The lowest BCUT2D eigenvalue weighted by Gasteiger charge is -2.04. The number of thiophene rings is 2. The van der Waals surface area contributed by atoms with Gasteiger partial charge in [-0.2, -0.15) is 0 Å². The molecule has 0 aliphatic heterocycles. The molecule has 0 aliphatic carbocycles. The largest absolute Gasteiger partial charge is 0.135 e. The summed E-state index contributed by atoms with van der Waals surface area (Å²) in [5.74, 6) is 0. The zero-order chi connectivity index (χ0) is 17.8. The molecule has 6 aromatic rings. The van der Waals surface area contributed by atoms with Gasteiger partial charge in [0.2, 0.25) is 0 Å². The predicted octanol–water partition coefficient (Wildman–Crippen LogP) is 8.01. The normalized spacial score (nSPS) is 11.9. The van der Waals surface area contributed by atoms with Crippen LogP contribution in [-0.4, -0.2) is 0 Å². The predicted molar refractivity (Wildman–Crippen MR) is 121 cm³/mol. The second-order valence-electron chi connectivity index (χ2n) is 7.03. The third-order valence-corrected chi connectivity index (χ3v) is 7.59. The average molecular weight is 381 g/mol. The van der Waals surface area contributed by atoms with Gasteiger partial charge in [-0.25, -0.2) is 0 Å². The van der Waals surface area contributed by atoms with Crippen molar-refractivity contribution < 1.29 is 0 Å². The van der Waals surface area contributed by atoms with Crippen LogP contribution in [-0.2, 0) is 6.42 Å². The van der Waals surface area contributed by atoms with E-state index in [0.29, 0.717) is 0 Å². The van der Waals surface area contributed by atoms with Gasteiger partial charge >= 0.3 is 0 Å². The lowest BCUT2D eigenvalue weighted by atomic mass is 10.0. The SMILES string of the molecule is c1ccc2c(c1)sc1ccc(Cc3ccc4sc5ccccc5c4c3)cc12. The topological polar surface area (TPSA) is 0 Å². The summed E-state index contributed by atoms with van der Waals surface area (Å²) < 4.78 is 5.49. The Labute approximate surface area is 165 Å². The maximum Gasteiger partial charge on any atom is 0.0355 e. The Morgan fingerprint density at radius 1 is 0.444 bits per heavy atom. The number of hydrogen-bond donors (Lipinski definition) is 0. The van der Waals surface area contributed by atoms with E-state index in [0.717, 1.165) is 6.42 Å². The molecule has 0 saturated heterocycles. The van der Waals surface area contributed by atoms with Crippen molar-refractivity contribution in [3.63, 3.8) is 0 Å². The first-order valence-corrected chi connectivity index (χ1v) is 10.8. The molecule has 6 rings (SSSR count). The molecule has 128 valence electrons. The molecule has 0 unspecified atom stereocenters. The van der Waals surface area contributed by atoms with Gasteiger partial charge in [-0.05, 0) is 53.9 Å². The first-order valence-electron chi connectivity index (χ1n) is 9.15. The second-order valence-corrected chi connectivity index (χ2v) is 9.20. The summed E-state index contributed by atoms with van der Waals surface area (Å²) in [5, 5.41) is 5.52. The van der Waals surface area contributed by atoms with Crippen LogP contribution < -0.4 is 0 Å². The summed E-state index contributed by atoms with van der Waals surface area (Å²) in [6, 6.07) is 31.3. The zero-order valence-electron chi connectivity index (χ0n) is 14.6. The van der Waals surface area contributed by atoms with Crippen molar-refractivity contribution >= 4 is 63.0 Å². The van der Waals surface area contributed by atoms with E-state index in [2.05, 4.69) is 84.9 Å². The average Bonchev–Trinajstić information content (AvgIpc) is 3.26. The van der Waals surface area contributed by atoms with E-state index < -0.39 is 0 Å². The fourth-order valence-corrected chi connectivity index (χ4v) is 6.17. The molecule has 0 bridgehead atoms. The van der Waals surface area contributed by atoms with Crippen molar-refractivity contribution in [3.05, 3.63) is 96.1 Å². The van der Waals surface area contributed by atoms with Crippen molar-refractivity contribution in [2.45, 2.75) is 6.42 Å². The Balaban J connectivity index is 1.46. The fraction of sp³-hybridized carbons (Fsp3) is 0.0400. The van der Waals surface area contributed by atoms with E-state index in [1.165, 1.54) is 51.5 Å². The molecule has 0 spiro atoms. The molecule has 2 heteroatoms. The van der Waals surface area contributed by atoms with Crippen molar-refractivity contribution in [2.75, 3.05) is 0 Å². The monoisotopic (exact) mass is 380 g/mol. The zero-order valence-corrected chi connectivity index (χ0v) is 16.2. The fourth-order valence-electron chi connectivity index (χ4n) is 4.00. The number of fused-ring (bicyclic) bond motifs is 6. The molecule has 4 aromatic carbocycles. The Morgan fingerprint density at radius 2 is 0.889 bits per heavy atom. The first-order chi connectivity index (χ1) is 13.3. The maximum atomic E-state index is 2.38. The summed E-state index contributed by atoms with van der Waals surface area (Å²) in [6.45, 7) is 0. The molecule has 0 atom stereocenters. The number of hydrogen-bond acceptors (Lipinski definition) is 2. The van der Waals surface area contributed by atoms with E-state index in [4.69, 9.17) is 0 Å². The summed E-state index contributed by atoms with van der Waals surface area (Å²) in [5.41, 5.74) is 2.76. The lowest BCUT2D eigenvalue weighted by Crippen LogP contribution is -1.87. The van der Waals surface area contributed by atoms with Crippen LogP contribution in [0.25, 0.3) is 40.3 Å². The number of rotatable bonds is 2. The molecule has 0 N–H and O–H groups in total. The van der Waals surface area contributed by atoms with Crippen molar-refractivity contribution in [3.8, 4) is 0 Å². The quantitative estimate of drug-likeness (QED) is 0.285. The van der Waals surface area contributed by atoms with Crippen molar-refractivity contribution in [1.82, 2.24) is 0 Å². The smallest absolute Gasteiger partial charge is 0.0355 e. The number of benzene rings is 4. The first kappa shape index (κ1) is 15.4. The third kappa shape index (κ3) is 2.48. The molecule has 0 fully saturated rings. The minimum atomic E-state index is 0.972. The Morgan fingerprint density at radius 3 is 1.41 bits per heavy atom. The summed E-state index contributed by atoms with van der Waals surface area (Å²) >= 11 is 3.76. The highest BCUT2D eigenvalue weighted by Crippen LogP contribution is 2.36. The Kier molecular flexibility index (Phi) is 3.37. The lowest BCUT2D eigenvalue weighted by molar-refractivity contribution is 1.21. The van der Waals surface area contributed by atoms with E-state index in [-0.39, 0.29) is 0 Å². The van der Waals surface area contributed by atoms with Gasteiger partial charge in [0.15, 0.2) is 0 Å². The van der Waals surface area contributed by atoms with E-state index in [1.807, 2.05) is 22.7 Å². The minimum Gasteiger partial charge on any atom is -0.135 e. The molecule has 0 nitrogen and oxygen atoms in total. The molecule has 0 saturated carbocycles. The van der Waals surface area contributed by atoms with Crippen molar-refractivity contribution in [1.29, 1.82) is 0 Å². The Bertz CT molecular complexity index is 1340. The van der Waals surface area contributed by atoms with E-state index in [9.17, 15) is 0 Å². The molecule has 0 radical (unpaired) electrons. The molecule has 2 aromatic heterocycles. The molecule has 0 aliphatic rings. The molecular weight excluding hydrogens is 364 g/mol. The minimum absolute atomic E-state index is 0.972. The van der Waals surface area contributed by atoms with Gasteiger partial charge in [0, 0.05) is 40.3 Å². The van der Waals surface area contributed by atoms with E-state index >= 15 is 0 Å². The third-order valence-electron chi connectivity index (χ3n) is 5.29. The van der Waals surface area contributed by atoms with Gasteiger partial charge in [-0.15, -0.1) is 22.7 Å². The summed E-state index contributed by atoms with van der Waals surface area (Å²) in [6.07, 6.45) is 0.972. The standard InChI is InChI=1S/C25H16S2/c1-3-7-22-18(5-1)20-14-16(9-11-24(20)26-22)13-17-10-12-25-21(15-17)19-6-2-4-8-23(19)27-25/h1-12,14-15H,13H2. The highest BCUT2D eigenvalue weighted by molar-refractivity contribution is 7.26. The van der Waals surface area contributed by atoms with Crippen LogP contribution in [0.4, 0.5) is 0 Å².